The van der Waals surface area contributed by atoms with Crippen molar-refractivity contribution in [3.8, 4) is 0 Å². The molecule has 0 saturated carbocycles. The SMILES string of the molecule is CC1CCN(C(=O)CC(C)c2cccnc2)CC1. The van der Waals surface area contributed by atoms with Gasteiger partial charge in [-0.2, -0.15) is 0 Å². The van der Waals surface area contributed by atoms with Crippen molar-refractivity contribution >= 4 is 5.91 Å². The summed E-state index contributed by atoms with van der Waals surface area (Å²) in [7, 11) is 0. The quantitative estimate of drug-likeness (QED) is 0.821. The second-order valence-corrected chi connectivity index (χ2v) is 5.45. The summed E-state index contributed by atoms with van der Waals surface area (Å²) < 4.78 is 0. The van der Waals surface area contributed by atoms with Crippen LogP contribution in [0.25, 0.3) is 0 Å². The molecular formula is C15H22N2O. The third-order valence-electron chi connectivity index (χ3n) is 3.87. The predicted molar refractivity (Wildman–Crippen MR) is 72.2 cm³/mol. The van der Waals surface area contributed by atoms with E-state index in [4.69, 9.17) is 0 Å². The maximum Gasteiger partial charge on any atom is 0.223 e. The van der Waals surface area contributed by atoms with E-state index in [0.29, 0.717) is 12.3 Å². The Bertz CT molecular complexity index is 383. The minimum atomic E-state index is 0.255. The number of aromatic nitrogens is 1. The number of amides is 1. The average molecular weight is 246 g/mol. The number of piperidine rings is 1. The van der Waals surface area contributed by atoms with Crippen molar-refractivity contribution in [2.24, 2.45) is 5.92 Å². The first-order valence-corrected chi connectivity index (χ1v) is 6.84. The van der Waals surface area contributed by atoms with Crippen molar-refractivity contribution in [2.45, 2.75) is 39.0 Å². The minimum Gasteiger partial charge on any atom is -0.343 e. The topological polar surface area (TPSA) is 33.2 Å². The molecule has 1 aromatic heterocycles. The van der Waals surface area contributed by atoms with Gasteiger partial charge in [-0.15, -0.1) is 0 Å². The van der Waals surface area contributed by atoms with Crippen LogP contribution in [-0.2, 0) is 4.79 Å². The standard InChI is InChI=1S/C15H22N2O/c1-12-5-8-17(9-6-12)15(18)10-13(2)14-4-3-7-16-11-14/h3-4,7,11-13H,5-6,8-10H2,1-2H3. The zero-order valence-corrected chi connectivity index (χ0v) is 11.3. The summed E-state index contributed by atoms with van der Waals surface area (Å²) in [4.78, 5) is 18.3. The Morgan fingerprint density at radius 1 is 1.50 bits per heavy atom. The minimum absolute atomic E-state index is 0.255. The number of likely N-dealkylation sites (tertiary alicyclic amines) is 1. The van der Waals surface area contributed by atoms with E-state index in [-0.39, 0.29) is 5.92 Å². The lowest BCUT2D eigenvalue weighted by atomic mass is 9.96. The fourth-order valence-electron chi connectivity index (χ4n) is 2.43. The molecule has 2 rings (SSSR count). The first-order valence-electron chi connectivity index (χ1n) is 6.84. The van der Waals surface area contributed by atoms with Gasteiger partial charge in [0.1, 0.15) is 0 Å². The second-order valence-electron chi connectivity index (χ2n) is 5.45. The van der Waals surface area contributed by atoms with Crippen LogP contribution in [0.15, 0.2) is 24.5 Å². The third kappa shape index (κ3) is 3.31. The molecule has 98 valence electrons. The molecule has 1 aromatic rings. The molecule has 0 spiro atoms. The largest absolute Gasteiger partial charge is 0.343 e. The number of pyridine rings is 1. The molecule has 0 N–H and O–H groups in total. The number of carbonyl (C=O) groups excluding carboxylic acids is 1. The van der Waals surface area contributed by atoms with Gasteiger partial charge in [-0.25, -0.2) is 0 Å². The molecule has 0 aliphatic carbocycles. The predicted octanol–water partition coefficient (Wildman–Crippen LogP) is 2.83. The highest BCUT2D eigenvalue weighted by Crippen LogP contribution is 2.22. The molecule has 1 fully saturated rings. The number of hydrogen-bond donors (Lipinski definition) is 0. The smallest absolute Gasteiger partial charge is 0.223 e. The van der Waals surface area contributed by atoms with Crippen LogP contribution in [0, 0.1) is 5.92 Å². The third-order valence-corrected chi connectivity index (χ3v) is 3.87. The van der Waals surface area contributed by atoms with E-state index in [1.54, 1.807) is 6.20 Å². The maximum atomic E-state index is 12.2. The van der Waals surface area contributed by atoms with Crippen LogP contribution in [0.4, 0.5) is 0 Å². The molecular weight excluding hydrogens is 224 g/mol. The molecule has 1 amide bonds. The Labute approximate surface area is 109 Å². The Morgan fingerprint density at radius 3 is 2.83 bits per heavy atom. The Kier molecular flexibility index (Phi) is 4.34. The van der Waals surface area contributed by atoms with Crippen LogP contribution in [0.5, 0.6) is 0 Å². The molecule has 0 bridgehead atoms. The zero-order chi connectivity index (χ0) is 13.0. The summed E-state index contributed by atoms with van der Waals surface area (Å²) in [5, 5.41) is 0. The number of hydrogen-bond acceptors (Lipinski definition) is 2. The summed E-state index contributed by atoms with van der Waals surface area (Å²) >= 11 is 0. The average Bonchev–Trinajstić information content (AvgIpc) is 2.40. The maximum absolute atomic E-state index is 12.2. The fourth-order valence-corrected chi connectivity index (χ4v) is 2.43. The van der Waals surface area contributed by atoms with Gasteiger partial charge in [-0.05, 0) is 36.3 Å². The van der Waals surface area contributed by atoms with Crippen molar-refractivity contribution in [1.29, 1.82) is 0 Å². The highest BCUT2D eigenvalue weighted by Gasteiger charge is 2.22. The van der Waals surface area contributed by atoms with Crippen LogP contribution in [0.1, 0.15) is 44.6 Å². The normalized spacial score (nSPS) is 18.7. The molecule has 1 saturated heterocycles. The summed E-state index contributed by atoms with van der Waals surface area (Å²) in [6.07, 6.45) is 6.51. The summed E-state index contributed by atoms with van der Waals surface area (Å²) in [5.41, 5.74) is 1.15. The van der Waals surface area contributed by atoms with Crippen molar-refractivity contribution in [3.63, 3.8) is 0 Å². The van der Waals surface area contributed by atoms with E-state index >= 15 is 0 Å². The van der Waals surface area contributed by atoms with Crippen LogP contribution in [0.3, 0.4) is 0 Å². The zero-order valence-electron chi connectivity index (χ0n) is 11.3. The molecule has 3 heteroatoms. The van der Waals surface area contributed by atoms with E-state index in [0.717, 1.165) is 37.4 Å². The van der Waals surface area contributed by atoms with Crippen molar-refractivity contribution in [3.05, 3.63) is 30.1 Å². The molecule has 1 aliphatic heterocycles. The molecule has 2 heterocycles. The van der Waals surface area contributed by atoms with Crippen molar-refractivity contribution < 1.29 is 4.79 Å². The van der Waals surface area contributed by atoms with Crippen molar-refractivity contribution in [2.75, 3.05) is 13.1 Å². The highest BCUT2D eigenvalue weighted by atomic mass is 16.2. The lowest BCUT2D eigenvalue weighted by Crippen LogP contribution is -2.38. The van der Waals surface area contributed by atoms with Gasteiger partial charge in [-0.1, -0.05) is 19.9 Å². The van der Waals surface area contributed by atoms with Gasteiger partial charge in [0.2, 0.25) is 5.91 Å². The summed E-state index contributed by atoms with van der Waals surface area (Å²) in [6, 6.07) is 3.97. The van der Waals surface area contributed by atoms with Gasteiger partial charge >= 0.3 is 0 Å². The first-order chi connectivity index (χ1) is 8.66. The summed E-state index contributed by atoms with van der Waals surface area (Å²) in [6.45, 7) is 6.22. The van der Waals surface area contributed by atoms with Gasteiger partial charge in [0.05, 0.1) is 0 Å². The van der Waals surface area contributed by atoms with E-state index < -0.39 is 0 Å². The molecule has 0 radical (unpaired) electrons. The van der Waals surface area contributed by atoms with Crippen molar-refractivity contribution in [1.82, 2.24) is 9.88 Å². The molecule has 18 heavy (non-hydrogen) atoms. The first kappa shape index (κ1) is 13.1. The van der Waals surface area contributed by atoms with Gasteiger partial charge in [0, 0.05) is 31.9 Å². The van der Waals surface area contributed by atoms with Crippen LogP contribution >= 0.6 is 0 Å². The van der Waals surface area contributed by atoms with Crippen LogP contribution < -0.4 is 0 Å². The lowest BCUT2D eigenvalue weighted by Gasteiger charge is -2.31. The highest BCUT2D eigenvalue weighted by molar-refractivity contribution is 5.77. The van der Waals surface area contributed by atoms with Crippen LogP contribution in [0.2, 0.25) is 0 Å². The molecule has 1 aliphatic rings. The number of carbonyl (C=O) groups is 1. The molecule has 1 unspecified atom stereocenters. The van der Waals surface area contributed by atoms with Gasteiger partial charge < -0.3 is 4.90 Å². The molecule has 0 aromatic carbocycles. The Hall–Kier alpha value is -1.38. The van der Waals surface area contributed by atoms with E-state index in [2.05, 4.69) is 18.8 Å². The lowest BCUT2D eigenvalue weighted by molar-refractivity contribution is -0.132. The number of rotatable bonds is 3. The summed E-state index contributed by atoms with van der Waals surface area (Å²) in [5.74, 6) is 1.31. The van der Waals surface area contributed by atoms with Gasteiger partial charge in [0.25, 0.3) is 0 Å². The van der Waals surface area contributed by atoms with E-state index in [9.17, 15) is 4.79 Å². The Balaban J connectivity index is 1.87. The monoisotopic (exact) mass is 246 g/mol. The van der Waals surface area contributed by atoms with Gasteiger partial charge in [-0.3, -0.25) is 9.78 Å². The van der Waals surface area contributed by atoms with E-state index in [1.165, 1.54) is 0 Å². The number of nitrogens with zero attached hydrogens (tertiary/aromatic N) is 2. The Morgan fingerprint density at radius 2 is 2.22 bits per heavy atom. The van der Waals surface area contributed by atoms with E-state index in [1.807, 2.05) is 23.2 Å². The fraction of sp³-hybridized carbons (Fsp3) is 0.600. The van der Waals surface area contributed by atoms with Crippen LogP contribution in [-0.4, -0.2) is 28.9 Å². The molecule has 3 nitrogen and oxygen atoms in total. The second kappa shape index (κ2) is 5.98. The van der Waals surface area contributed by atoms with Gasteiger partial charge in [0.15, 0.2) is 0 Å². The molecule has 1 atom stereocenters.